The Balaban J connectivity index is 1.53. The Hall–Kier alpha value is -2.36. The molecule has 3 amide bonds. The van der Waals surface area contributed by atoms with Crippen molar-refractivity contribution in [3.63, 3.8) is 0 Å². The number of hydrogen-bond acceptors (Lipinski definition) is 4. The quantitative estimate of drug-likeness (QED) is 0.813. The molecule has 1 aromatic rings. The number of anilines is 1. The zero-order chi connectivity index (χ0) is 19.4. The monoisotopic (exact) mass is 399 g/mol. The molecule has 0 spiro atoms. The molecule has 1 fully saturated rings. The van der Waals surface area contributed by atoms with Gasteiger partial charge in [0.15, 0.2) is 0 Å². The number of urea groups is 1. The van der Waals surface area contributed by atoms with Gasteiger partial charge >= 0.3 is 12.4 Å². The van der Waals surface area contributed by atoms with Gasteiger partial charge in [0.05, 0.1) is 10.8 Å². The average molecular weight is 399 g/mol. The SMILES string of the molecule is O=C1N=C2CCCCC2C(SCC(=O)Nc2ccc(OC(F)(F)F)cc2)=N1. The summed E-state index contributed by atoms with van der Waals surface area (Å²) in [6.45, 7) is 0. The maximum absolute atomic E-state index is 12.1. The van der Waals surface area contributed by atoms with Gasteiger partial charge in [0, 0.05) is 17.3 Å². The number of fused-ring (bicyclic) bond motifs is 1. The number of thioether (sulfide) groups is 1. The van der Waals surface area contributed by atoms with Crippen LogP contribution in [0.2, 0.25) is 0 Å². The summed E-state index contributed by atoms with van der Waals surface area (Å²) >= 11 is 1.19. The van der Waals surface area contributed by atoms with Gasteiger partial charge in [-0.15, -0.1) is 13.2 Å². The normalized spacial score (nSPS) is 19.7. The summed E-state index contributed by atoms with van der Waals surface area (Å²) in [5.74, 6) is -0.668. The molecule has 1 heterocycles. The summed E-state index contributed by atoms with van der Waals surface area (Å²) in [6.07, 6.45) is -1.11. The van der Waals surface area contributed by atoms with E-state index in [1.165, 1.54) is 23.9 Å². The molecule has 1 saturated carbocycles. The molecule has 0 aromatic heterocycles. The minimum Gasteiger partial charge on any atom is -0.406 e. The van der Waals surface area contributed by atoms with E-state index in [1.54, 1.807) is 0 Å². The first-order valence-electron chi connectivity index (χ1n) is 8.28. The second-order valence-corrected chi connectivity index (χ2v) is 7.04. The third-order valence-corrected chi connectivity index (χ3v) is 5.12. The lowest BCUT2D eigenvalue weighted by Crippen LogP contribution is -2.31. The van der Waals surface area contributed by atoms with E-state index in [0.717, 1.165) is 43.5 Å². The molecule has 27 heavy (non-hydrogen) atoms. The molecular formula is C17H16F3N3O3S. The summed E-state index contributed by atoms with van der Waals surface area (Å²) in [5.41, 5.74) is 1.18. The largest absolute Gasteiger partial charge is 0.573 e. The van der Waals surface area contributed by atoms with E-state index in [0.29, 0.717) is 10.7 Å². The van der Waals surface area contributed by atoms with Crippen LogP contribution >= 0.6 is 11.8 Å². The van der Waals surface area contributed by atoms with E-state index < -0.39 is 12.4 Å². The van der Waals surface area contributed by atoms with Gasteiger partial charge < -0.3 is 10.1 Å². The Kier molecular flexibility index (Phi) is 5.83. The summed E-state index contributed by atoms with van der Waals surface area (Å²) in [4.78, 5) is 31.6. The van der Waals surface area contributed by atoms with Crippen LogP contribution in [0.5, 0.6) is 5.75 Å². The van der Waals surface area contributed by atoms with Crippen molar-refractivity contribution in [3.8, 4) is 5.75 Å². The van der Waals surface area contributed by atoms with E-state index in [4.69, 9.17) is 0 Å². The van der Waals surface area contributed by atoms with Crippen LogP contribution in [0.3, 0.4) is 0 Å². The summed E-state index contributed by atoms with van der Waals surface area (Å²) in [7, 11) is 0. The Labute approximate surface area is 157 Å². The van der Waals surface area contributed by atoms with Crippen LogP contribution in [-0.2, 0) is 4.79 Å². The van der Waals surface area contributed by atoms with Gasteiger partial charge in [0.25, 0.3) is 0 Å². The van der Waals surface area contributed by atoms with Gasteiger partial charge in [-0.25, -0.2) is 9.79 Å². The standard InChI is InChI=1S/C17H16F3N3O3S/c18-17(19,20)26-11-7-5-10(6-8-11)21-14(24)9-27-15-12-3-1-2-4-13(12)22-16(25)23-15/h5-8,12H,1-4,9H2,(H,21,24). The van der Waals surface area contributed by atoms with Crippen molar-refractivity contribution in [2.75, 3.05) is 11.1 Å². The van der Waals surface area contributed by atoms with Crippen LogP contribution in [0.1, 0.15) is 25.7 Å². The maximum atomic E-state index is 12.1. The van der Waals surface area contributed by atoms with Crippen molar-refractivity contribution >= 4 is 40.1 Å². The number of carbonyl (C=O) groups is 2. The van der Waals surface area contributed by atoms with Gasteiger partial charge in [-0.1, -0.05) is 18.2 Å². The second kappa shape index (κ2) is 8.12. The fourth-order valence-electron chi connectivity index (χ4n) is 2.92. The number of halogens is 3. The van der Waals surface area contributed by atoms with Crippen LogP contribution in [0.15, 0.2) is 34.3 Å². The van der Waals surface area contributed by atoms with Crippen molar-refractivity contribution < 1.29 is 27.5 Å². The van der Waals surface area contributed by atoms with Crippen molar-refractivity contribution in [3.05, 3.63) is 24.3 Å². The van der Waals surface area contributed by atoms with E-state index in [-0.39, 0.29) is 23.3 Å². The zero-order valence-electron chi connectivity index (χ0n) is 14.1. The predicted octanol–water partition coefficient (Wildman–Crippen LogP) is 4.42. The van der Waals surface area contributed by atoms with Gasteiger partial charge in [0.2, 0.25) is 5.91 Å². The fourth-order valence-corrected chi connectivity index (χ4v) is 3.87. The lowest BCUT2D eigenvalue weighted by Gasteiger charge is -2.26. The van der Waals surface area contributed by atoms with Gasteiger partial charge in [-0.05, 0) is 43.5 Å². The molecular weight excluding hydrogens is 383 g/mol. The summed E-state index contributed by atoms with van der Waals surface area (Å²) in [5, 5.41) is 3.19. The first-order valence-corrected chi connectivity index (χ1v) is 9.27. The van der Waals surface area contributed by atoms with Crippen molar-refractivity contribution in [2.45, 2.75) is 32.0 Å². The molecule has 2 aliphatic rings. The van der Waals surface area contributed by atoms with Gasteiger partial charge in [-0.3, -0.25) is 4.79 Å². The number of alkyl halides is 3. The van der Waals surface area contributed by atoms with Gasteiger partial charge in [0.1, 0.15) is 5.75 Å². The highest BCUT2D eigenvalue weighted by atomic mass is 32.2. The molecule has 1 aliphatic carbocycles. The molecule has 144 valence electrons. The lowest BCUT2D eigenvalue weighted by molar-refractivity contribution is -0.274. The minimum atomic E-state index is -4.76. The fraction of sp³-hybridized carbons (Fsp3) is 0.412. The van der Waals surface area contributed by atoms with Crippen LogP contribution < -0.4 is 10.1 Å². The summed E-state index contributed by atoms with van der Waals surface area (Å²) in [6, 6.07) is 4.33. The van der Waals surface area contributed by atoms with E-state index in [1.807, 2.05) is 0 Å². The first-order chi connectivity index (χ1) is 12.8. The number of carbonyl (C=O) groups excluding carboxylic acids is 2. The Morgan fingerprint density at radius 1 is 1.22 bits per heavy atom. The summed E-state index contributed by atoms with van der Waals surface area (Å²) < 4.78 is 40.2. The Morgan fingerprint density at radius 3 is 2.67 bits per heavy atom. The van der Waals surface area contributed by atoms with Gasteiger partial charge in [-0.2, -0.15) is 4.99 Å². The third kappa shape index (κ3) is 5.56. The van der Waals surface area contributed by atoms with Crippen LogP contribution in [0.4, 0.5) is 23.7 Å². The Bertz CT molecular complexity index is 791. The average Bonchev–Trinajstić information content (AvgIpc) is 2.60. The minimum absolute atomic E-state index is 0.00745. The van der Waals surface area contributed by atoms with Crippen LogP contribution in [0, 0.1) is 5.92 Å². The number of amides is 3. The molecule has 1 unspecified atom stereocenters. The third-order valence-electron chi connectivity index (χ3n) is 4.04. The van der Waals surface area contributed by atoms with E-state index in [2.05, 4.69) is 20.0 Å². The van der Waals surface area contributed by atoms with E-state index >= 15 is 0 Å². The number of aliphatic imine (C=N–C) groups is 2. The molecule has 0 saturated heterocycles. The molecule has 10 heteroatoms. The van der Waals surface area contributed by atoms with Crippen molar-refractivity contribution in [1.82, 2.24) is 0 Å². The number of rotatable bonds is 4. The predicted molar refractivity (Wildman–Crippen MR) is 96.4 cm³/mol. The molecule has 1 aliphatic heterocycles. The van der Waals surface area contributed by atoms with Crippen LogP contribution in [-0.4, -0.2) is 34.8 Å². The molecule has 1 aromatic carbocycles. The highest BCUT2D eigenvalue weighted by molar-refractivity contribution is 8.14. The number of nitrogens with one attached hydrogen (secondary N) is 1. The molecule has 6 nitrogen and oxygen atoms in total. The van der Waals surface area contributed by atoms with Crippen molar-refractivity contribution in [1.29, 1.82) is 0 Å². The molecule has 1 atom stereocenters. The van der Waals surface area contributed by atoms with Crippen molar-refractivity contribution in [2.24, 2.45) is 15.9 Å². The molecule has 3 rings (SSSR count). The number of hydrogen-bond donors (Lipinski definition) is 1. The van der Waals surface area contributed by atoms with Crippen LogP contribution in [0.25, 0.3) is 0 Å². The number of benzene rings is 1. The topological polar surface area (TPSA) is 80.1 Å². The first kappa shape index (κ1) is 19.4. The highest BCUT2D eigenvalue weighted by Gasteiger charge is 2.31. The maximum Gasteiger partial charge on any atom is 0.573 e. The molecule has 0 radical (unpaired) electrons. The molecule has 1 N–H and O–H groups in total. The molecule has 0 bridgehead atoms. The highest BCUT2D eigenvalue weighted by Crippen LogP contribution is 2.30. The second-order valence-electron chi connectivity index (χ2n) is 6.04. The Morgan fingerprint density at radius 2 is 1.96 bits per heavy atom. The van der Waals surface area contributed by atoms with E-state index in [9.17, 15) is 22.8 Å². The number of ether oxygens (including phenoxy) is 1. The zero-order valence-corrected chi connectivity index (χ0v) is 14.9. The number of nitrogens with zero attached hydrogens (tertiary/aromatic N) is 2. The smallest absolute Gasteiger partial charge is 0.406 e. The lowest BCUT2D eigenvalue weighted by atomic mass is 9.87.